The lowest BCUT2D eigenvalue weighted by Crippen LogP contribution is -2.36. The average molecular weight is 351 g/mol. The summed E-state index contributed by atoms with van der Waals surface area (Å²) in [6.07, 6.45) is 26.3. The van der Waals surface area contributed by atoms with Crippen molar-refractivity contribution in [3.05, 3.63) is 12.4 Å². The van der Waals surface area contributed by atoms with Crippen LogP contribution in [0, 0.1) is 0 Å². The maximum atomic E-state index is 2.54. The van der Waals surface area contributed by atoms with Crippen LogP contribution in [0.15, 0.2) is 12.4 Å². The van der Waals surface area contributed by atoms with E-state index >= 15 is 0 Å². The molecule has 25 heavy (non-hydrogen) atoms. The molecule has 0 fully saturated rings. The van der Waals surface area contributed by atoms with E-state index in [2.05, 4.69) is 43.0 Å². The van der Waals surface area contributed by atoms with Gasteiger partial charge in [0.1, 0.15) is 0 Å². The topological polar surface area (TPSA) is 6.48 Å². The zero-order valence-corrected chi connectivity index (χ0v) is 17.6. The molecule has 1 heterocycles. The molecule has 0 saturated carbocycles. The van der Waals surface area contributed by atoms with Crippen LogP contribution in [-0.4, -0.2) is 29.1 Å². The van der Waals surface area contributed by atoms with Crippen molar-refractivity contribution in [3.8, 4) is 0 Å². The molecule has 0 aromatic heterocycles. The quantitative estimate of drug-likeness (QED) is 0.254. The lowest BCUT2D eigenvalue weighted by atomic mass is 10.1. The Morgan fingerprint density at radius 1 is 0.520 bits per heavy atom. The fourth-order valence-electron chi connectivity index (χ4n) is 3.81. The molecule has 1 rings (SSSR count). The van der Waals surface area contributed by atoms with E-state index in [0.717, 1.165) is 0 Å². The van der Waals surface area contributed by atoms with E-state index in [1.165, 1.54) is 109 Å². The first-order valence-electron chi connectivity index (χ1n) is 11.5. The summed E-state index contributed by atoms with van der Waals surface area (Å²) in [5.74, 6) is 0. The van der Waals surface area contributed by atoms with Crippen molar-refractivity contribution in [2.24, 2.45) is 0 Å². The van der Waals surface area contributed by atoms with Crippen molar-refractivity contribution in [3.63, 3.8) is 0 Å². The molecule has 0 aliphatic carbocycles. The number of hydrogen-bond donors (Lipinski definition) is 0. The fourth-order valence-corrected chi connectivity index (χ4v) is 3.81. The summed E-state index contributed by atoms with van der Waals surface area (Å²) in [7, 11) is 0. The molecule has 1 atom stereocenters. The predicted molar refractivity (Wildman–Crippen MR) is 113 cm³/mol. The fraction of sp³-hybridized carbons (Fsp3) is 0.913. The lowest BCUT2D eigenvalue weighted by Gasteiger charge is -2.30. The molecule has 2 heteroatoms. The first kappa shape index (κ1) is 22.4. The Hall–Kier alpha value is -0.660. The summed E-state index contributed by atoms with van der Waals surface area (Å²) in [5.41, 5.74) is 0. The van der Waals surface area contributed by atoms with Crippen LogP contribution in [0.5, 0.6) is 0 Å². The second-order valence-electron chi connectivity index (χ2n) is 8.00. The number of hydrogen-bond acceptors (Lipinski definition) is 2. The first-order chi connectivity index (χ1) is 12.3. The van der Waals surface area contributed by atoms with Gasteiger partial charge in [0, 0.05) is 25.5 Å². The highest BCUT2D eigenvalue weighted by Crippen LogP contribution is 2.18. The van der Waals surface area contributed by atoms with Crippen LogP contribution < -0.4 is 0 Å². The van der Waals surface area contributed by atoms with Crippen LogP contribution in [0.1, 0.15) is 117 Å². The third-order valence-corrected chi connectivity index (χ3v) is 5.70. The largest absolute Gasteiger partial charge is 0.356 e. The molecule has 1 aliphatic rings. The summed E-state index contributed by atoms with van der Waals surface area (Å²) < 4.78 is 0. The van der Waals surface area contributed by atoms with Gasteiger partial charge in [-0.15, -0.1) is 0 Å². The molecule has 148 valence electrons. The van der Waals surface area contributed by atoms with E-state index in [4.69, 9.17) is 0 Å². The third kappa shape index (κ3) is 10.8. The maximum absolute atomic E-state index is 2.54. The zero-order valence-electron chi connectivity index (χ0n) is 17.6. The monoisotopic (exact) mass is 350 g/mol. The number of rotatable bonds is 17. The molecule has 0 bridgehead atoms. The zero-order chi connectivity index (χ0) is 18.2. The average Bonchev–Trinajstić information content (AvgIpc) is 2.96. The van der Waals surface area contributed by atoms with Gasteiger partial charge in [-0.05, 0) is 19.8 Å². The SMILES string of the molecule is CCCCCCCCCCCCN1C=CN(CCCCCCC)C1C. The Bertz CT molecular complexity index is 313. The molecule has 0 amide bonds. The van der Waals surface area contributed by atoms with Gasteiger partial charge < -0.3 is 9.80 Å². The summed E-state index contributed by atoms with van der Waals surface area (Å²) in [4.78, 5) is 5.07. The van der Waals surface area contributed by atoms with Crippen molar-refractivity contribution in [2.75, 3.05) is 13.1 Å². The molecule has 0 spiro atoms. The first-order valence-corrected chi connectivity index (χ1v) is 11.5. The minimum absolute atomic E-state index is 0.574. The molecular weight excluding hydrogens is 304 g/mol. The van der Waals surface area contributed by atoms with Crippen LogP contribution in [0.2, 0.25) is 0 Å². The van der Waals surface area contributed by atoms with E-state index in [1.807, 2.05) is 0 Å². The predicted octanol–water partition coefficient (Wildman–Crippen LogP) is 7.31. The van der Waals surface area contributed by atoms with Crippen molar-refractivity contribution >= 4 is 0 Å². The van der Waals surface area contributed by atoms with Crippen molar-refractivity contribution < 1.29 is 0 Å². The second-order valence-corrected chi connectivity index (χ2v) is 8.00. The van der Waals surface area contributed by atoms with Crippen molar-refractivity contribution in [1.29, 1.82) is 0 Å². The number of nitrogens with zero attached hydrogens (tertiary/aromatic N) is 2. The molecule has 1 aliphatic heterocycles. The van der Waals surface area contributed by atoms with Crippen LogP contribution in [0.4, 0.5) is 0 Å². The van der Waals surface area contributed by atoms with E-state index in [0.29, 0.717) is 6.17 Å². The molecular formula is C23H46N2. The van der Waals surface area contributed by atoms with E-state index < -0.39 is 0 Å². The van der Waals surface area contributed by atoms with Crippen LogP contribution in [-0.2, 0) is 0 Å². The van der Waals surface area contributed by atoms with Crippen LogP contribution >= 0.6 is 0 Å². The third-order valence-electron chi connectivity index (χ3n) is 5.70. The minimum atomic E-state index is 0.574. The van der Waals surface area contributed by atoms with Crippen LogP contribution in [0.3, 0.4) is 0 Å². The second kappa shape index (κ2) is 15.6. The summed E-state index contributed by atoms with van der Waals surface area (Å²) in [6.45, 7) is 9.42. The van der Waals surface area contributed by atoms with Crippen molar-refractivity contribution in [1.82, 2.24) is 9.80 Å². The Morgan fingerprint density at radius 2 is 0.840 bits per heavy atom. The Kier molecular flexibility index (Phi) is 14.0. The van der Waals surface area contributed by atoms with Gasteiger partial charge in [0.05, 0.1) is 6.17 Å². The number of unbranched alkanes of at least 4 members (excludes halogenated alkanes) is 13. The standard InChI is InChI=1S/C23H46N2/c1-4-6-8-10-11-12-13-14-16-18-20-25-22-21-24(23(25)3)19-17-15-9-7-5-2/h21-23H,4-20H2,1-3H3. The van der Waals surface area contributed by atoms with Gasteiger partial charge in [-0.3, -0.25) is 0 Å². The summed E-state index contributed by atoms with van der Waals surface area (Å²) >= 11 is 0. The van der Waals surface area contributed by atoms with E-state index in [-0.39, 0.29) is 0 Å². The molecule has 0 radical (unpaired) electrons. The molecule has 0 aromatic rings. The highest BCUT2D eigenvalue weighted by Gasteiger charge is 2.20. The highest BCUT2D eigenvalue weighted by molar-refractivity contribution is 4.95. The lowest BCUT2D eigenvalue weighted by molar-refractivity contribution is 0.165. The van der Waals surface area contributed by atoms with E-state index in [1.54, 1.807) is 0 Å². The minimum Gasteiger partial charge on any atom is -0.356 e. The van der Waals surface area contributed by atoms with Gasteiger partial charge in [-0.25, -0.2) is 0 Å². The normalized spacial score (nSPS) is 17.0. The summed E-state index contributed by atoms with van der Waals surface area (Å²) in [6, 6.07) is 0. The van der Waals surface area contributed by atoms with Gasteiger partial charge in [-0.2, -0.15) is 0 Å². The molecule has 0 saturated heterocycles. The molecule has 0 aromatic carbocycles. The van der Waals surface area contributed by atoms with Gasteiger partial charge in [0.15, 0.2) is 0 Å². The van der Waals surface area contributed by atoms with Crippen molar-refractivity contribution in [2.45, 2.75) is 123 Å². The Balaban J connectivity index is 1.93. The summed E-state index contributed by atoms with van der Waals surface area (Å²) in [5, 5.41) is 0. The van der Waals surface area contributed by atoms with Gasteiger partial charge in [0.25, 0.3) is 0 Å². The van der Waals surface area contributed by atoms with Crippen LogP contribution in [0.25, 0.3) is 0 Å². The highest BCUT2D eigenvalue weighted by atomic mass is 15.4. The Morgan fingerprint density at radius 3 is 1.20 bits per heavy atom. The smallest absolute Gasteiger partial charge is 0.0977 e. The molecule has 2 nitrogen and oxygen atoms in total. The maximum Gasteiger partial charge on any atom is 0.0977 e. The Labute approximate surface area is 159 Å². The molecule has 1 unspecified atom stereocenters. The molecule has 0 N–H and O–H groups in total. The van der Waals surface area contributed by atoms with Gasteiger partial charge in [0.2, 0.25) is 0 Å². The van der Waals surface area contributed by atoms with Gasteiger partial charge >= 0.3 is 0 Å². The van der Waals surface area contributed by atoms with E-state index in [9.17, 15) is 0 Å². The van der Waals surface area contributed by atoms with Gasteiger partial charge in [-0.1, -0.05) is 97.3 Å².